The van der Waals surface area contributed by atoms with Gasteiger partial charge in [0.25, 0.3) is 0 Å². The number of halogens is 1. The van der Waals surface area contributed by atoms with Crippen molar-refractivity contribution in [3.63, 3.8) is 0 Å². The first-order valence-corrected chi connectivity index (χ1v) is 11.5. The van der Waals surface area contributed by atoms with Gasteiger partial charge in [0, 0.05) is 6.20 Å². The number of alkyl halides is 1. The summed E-state index contributed by atoms with van der Waals surface area (Å²) in [6, 6.07) is 0. The van der Waals surface area contributed by atoms with Gasteiger partial charge in [0.1, 0.15) is 12.2 Å². The number of nitrogens with zero attached hydrogens (tertiary/aromatic N) is 1. The molecule has 6 atom stereocenters. The molecule has 0 saturated carbocycles. The van der Waals surface area contributed by atoms with E-state index in [2.05, 4.69) is 0 Å². The van der Waals surface area contributed by atoms with Gasteiger partial charge >= 0.3 is 13.8 Å². The van der Waals surface area contributed by atoms with Gasteiger partial charge in [-0.25, -0.2) is 8.96 Å². The van der Waals surface area contributed by atoms with E-state index in [4.69, 9.17) is 23.0 Å². The molecular weight excluding hydrogens is 436 g/mol. The molecule has 0 radical (unpaired) electrons. The fourth-order valence-electron chi connectivity index (χ4n) is 3.47. The van der Waals surface area contributed by atoms with Crippen LogP contribution in [0.1, 0.15) is 40.5 Å². The Labute approximate surface area is 179 Å². The average Bonchev–Trinajstić information content (AvgIpc) is 2.91. The number of ether oxygens (including phenoxy) is 2. The lowest BCUT2D eigenvalue weighted by atomic mass is 9.97. The van der Waals surface area contributed by atoms with E-state index in [0.717, 1.165) is 4.90 Å². The van der Waals surface area contributed by atoms with E-state index in [1.165, 1.54) is 19.2 Å². The molecule has 3 aliphatic rings. The van der Waals surface area contributed by atoms with Crippen LogP contribution in [0.5, 0.6) is 0 Å². The standard InChI is InChI=1S/C19H27FNO9P/c1-11(2)28-17(24)12(3)6-8-26-31(25)27-10-14-16(30-31)19(4,20)18(29-14)21-7-5-13(22)9-15(21)23/h5,7,11-12,14,16,18H,6,8-10H2,1-4H3/t12-,14-,16-,18-,19-,31-/m1/s1. The number of esters is 1. The maximum Gasteiger partial charge on any atom is 0.475 e. The molecule has 3 aliphatic heterocycles. The molecule has 174 valence electrons. The van der Waals surface area contributed by atoms with Crippen molar-refractivity contribution in [1.82, 2.24) is 4.90 Å². The van der Waals surface area contributed by atoms with E-state index in [1.807, 2.05) is 0 Å². The third-order valence-corrected chi connectivity index (χ3v) is 6.61. The highest BCUT2D eigenvalue weighted by molar-refractivity contribution is 7.48. The minimum Gasteiger partial charge on any atom is -0.463 e. The van der Waals surface area contributed by atoms with Crippen molar-refractivity contribution in [3.05, 3.63) is 12.3 Å². The second-order valence-electron chi connectivity index (χ2n) is 8.22. The Bertz CT molecular complexity index is 814. The number of allylic oxidation sites excluding steroid dienone is 1. The number of hydrogen-bond acceptors (Lipinski definition) is 9. The van der Waals surface area contributed by atoms with Crippen molar-refractivity contribution in [3.8, 4) is 0 Å². The van der Waals surface area contributed by atoms with Crippen molar-refractivity contribution in [2.45, 2.75) is 70.7 Å². The maximum atomic E-state index is 15.6. The zero-order chi connectivity index (χ0) is 23.0. The topological polar surface area (TPSA) is 118 Å². The highest BCUT2D eigenvalue weighted by Crippen LogP contribution is 2.58. The van der Waals surface area contributed by atoms with Crippen molar-refractivity contribution in [1.29, 1.82) is 0 Å². The highest BCUT2D eigenvalue weighted by Gasteiger charge is 2.63. The van der Waals surface area contributed by atoms with Gasteiger partial charge in [-0.15, -0.1) is 0 Å². The Kier molecular flexibility index (Phi) is 7.02. The normalized spacial score (nSPS) is 36.6. The quantitative estimate of drug-likeness (QED) is 0.318. The molecule has 0 bridgehead atoms. The summed E-state index contributed by atoms with van der Waals surface area (Å²) in [7, 11) is -4.12. The number of phosphoric ester groups is 1. The first-order chi connectivity index (χ1) is 14.4. The summed E-state index contributed by atoms with van der Waals surface area (Å²) >= 11 is 0. The summed E-state index contributed by atoms with van der Waals surface area (Å²) in [6.45, 7) is 5.87. The van der Waals surface area contributed by atoms with Crippen molar-refractivity contribution in [2.24, 2.45) is 5.92 Å². The van der Waals surface area contributed by atoms with Crippen LogP contribution in [0.2, 0.25) is 0 Å². The molecule has 0 aromatic rings. The molecule has 0 spiro atoms. The third-order valence-electron chi connectivity index (χ3n) is 5.16. The molecule has 2 saturated heterocycles. The lowest BCUT2D eigenvalue weighted by Crippen LogP contribution is -2.52. The molecule has 0 unspecified atom stereocenters. The monoisotopic (exact) mass is 463 g/mol. The van der Waals surface area contributed by atoms with Gasteiger partial charge in [-0.3, -0.25) is 32.9 Å². The van der Waals surface area contributed by atoms with E-state index in [1.54, 1.807) is 20.8 Å². The predicted octanol–water partition coefficient (Wildman–Crippen LogP) is 2.27. The Hall–Kier alpha value is -1.65. The average molecular weight is 463 g/mol. The fourth-order valence-corrected chi connectivity index (χ4v) is 4.95. The zero-order valence-corrected chi connectivity index (χ0v) is 18.7. The van der Waals surface area contributed by atoms with E-state index in [-0.39, 0.29) is 31.5 Å². The number of fused-ring (bicyclic) bond motifs is 1. The molecular formula is C19H27FNO9P. The minimum atomic E-state index is -4.12. The molecule has 0 aliphatic carbocycles. The van der Waals surface area contributed by atoms with E-state index in [0.29, 0.717) is 0 Å². The number of amides is 1. The number of carbonyl (C=O) groups is 3. The first-order valence-electron chi connectivity index (χ1n) is 10.1. The van der Waals surface area contributed by atoms with Gasteiger partial charge in [-0.05, 0) is 33.3 Å². The summed E-state index contributed by atoms with van der Waals surface area (Å²) < 4.78 is 55.0. The SMILES string of the molecule is CC(C)OC(=O)[C@H](C)CCO[P@]1(=O)OC[C@H]2O[C@@H](N3C=CC(=O)CC3=O)[C@](C)(F)[C@@H]2O1. The summed E-state index contributed by atoms with van der Waals surface area (Å²) in [4.78, 5) is 36.4. The van der Waals surface area contributed by atoms with Gasteiger partial charge in [0.2, 0.25) is 5.91 Å². The Morgan fingerprint density at radius 2 is 2.10 bits per heavy atom. The number of hydrogen-bond donors (Lipinski definition) is 0. The largest absolute Gasteiger partial charge is 0.475 e. The zero-order valence-electron chi connectivity index (χ0n) is 17.8. The summed E-state index contributed by atoms with van der Waals surface area (Å²) in [5.74, 6) is -1.91. The maximum absolute atomic E-state index is 15.6. The number of phosphoric acid groups is 1. The molecule has 1 amide bonds. The van der Waals surface area contributed by atoms with Crippen LogP contribution in [0.3, 0.4) is 0 Å². The number of rotatable bonds is 7. The molecule has 31 heavy (non-hydrogen) atoms. The van der Waals surface area contributed by atoms with E-state index < -0.39 is 56.1 Å². The van der Waals surface area contributed by atoms with Crippen molar-refractivity contribution < 1.29 is 46.4 Å². The molecule has 12 heteroatoms. The van der Waals surface area contributed by atoms with Crippen LogP contribution >= 0.6 is 7.82 Å². The summed E-state index contributed by atoms with van der Waals surface area (Å²) in [5, 5.41) is 0. The molecule has 0 aromatic carbocycles. The highest BCUT2D eigenvalue weighted by atomic mass is 31.2. The van der Waals surface area contributed by atoms with Crippen LogP contribution in [0, 0.1) is 5.92 Å². The van der Waals surface area contributed by atoms with Crippen LogP contribution in [-0.4, -0.2) is 66.0 Å². The van der Waals surface area contributed by atoms with Gasteiger partial charge < -0.3 is 9.47 Å². The second kappa shape index (κ2) is 9.07. The van der Waals surface area contributed by atoms with Gasteiger partial charge in [0.15, 0.2) is 17.7 Å². The predicted molar refractivity (Wildman–Crippen MR) is 103 cm³/mol. The van der Waals surface area contributed by atoms with Crippen LogP contribution < -0.4 is 0 Å². The van der Waals surface area contributed by atoms with Gasteiger partial charge in [0.05, 0.1) is 31.7 Å². The van der Waals surface area contributed by atoms with Crippen molar-refractivity contribution >= 4 is 25.5 Å². The number of carbonyl (C=O) groups excluding carboxylic acids is 3. The Morgan fingerprint density at radius 3 is 2.74 bits per heavy atom. The van der Waals surface area contributed by atoms with Gasteiger partial charge in [-0.1, -0.05) is 6.92 Å². The molecule has 3 heterocycles. The lowest BCUT2D eigenvalue weighted by Gasteiger charge is -2.35. The smallest absolute Gasteiger partial charge is 0.463 e. The third kappa shape index (κ3) is 5.23. The van der Waals surface area contributed by atoms with Crippen LogP contribution in [-0.2, 0) is 42.0 Å². The van der Waals surface area contributed by atoms with Crippen LogP contribution in [0.15, 0.2) is 12.3 Å². The van der Waals surface area contributed by atoms with Crippen LogP contribution in [0.4, 0.5) is 4.39 Å². The molecule has 0 N–H and O–H groups in total. The molecule has 10 nitrogen and oxygen atoms in total. The van der Waals surface area contributed by atoms with Crippen molar-refractivity contribution in [2.75, 3.05) is 13.2 Å². The lowest BCUT2D eigenvalue weighted by molar-refractivity contribution is -0.152. The second-order valence-corrected chi connectivity index (χ2v) is 9.84. The molecule has 0 aromatic heterocycles. The molecule has 2 fully saturated rings. The summed E-state index contributed by atoms with van der Waals surface area (Å²) in [6.07, 6.45) is -1.73. The number of ketones is 1. The fraction of sp³-hybridized carbons (Fsp3) is 0.737. The summed E-state index contributed by atoms with van der Waals surface area (Å²) in [5.41, 5.74) is -2.25. The minimum absolute atomic E-state index is 0.133. The van der Waals surface area contributed by atoms with Gasteiger partial charge in [-0.2, -0.15) is 0 Å². The van der Waals surface area contributed by atoms with Crippen LogP contribution in [0.25, 0.3) is 0 Å². The Balaban J connectivity index is 1.61. The van der Waals surface area contributed by atoms with E-state index >= 15 is 4.39 Å². The molecule has 3 rings (SSSR count). The Morgan fingerprint density at radius 1 is 1.39 bits per heavy atom. The first kappa shape index (κ1) is 24.0. The van der Waals surface area contributed by atoms with E-state index in [9.17, 15) is 18.9 Å².